The van der Waals surface area contributed by atoms with E-state index in [9.17, 15) is 0 Å². The van der Waals surface area contributed by atoms with Gasteiger partial charge in [-0.25, -0.2) is 0 Å². The minimum Gasteiger partial charge on any atom is -0.367 e. The standard InChI is InChI=1S/C9H20NO2/c1-4-10(3)6-7-11-8-9(10)12-5-2/h9H,4-8H2,1-3H3/q+1. The molecule has 0 radical (unpaired) electrons. The fraction of sp³-hybridized carbons (Fsp3) is 1.00. The van der Waals surface area contributed by atoms with Gasteiger partial charge in [0.05, 0.1) is 26.8 Å². The van der Waals surface area contributed by atoms with Gasteiger partial charge in [0.2, 0.25) is 6.23 Å². The van der Waals surface area contributed by atoms with Gasteiger partial charge >= 0.3 is 0 Å². The Kier molecular flexibility index (Phi) is 3.50. The van der Waals surface area contributed by atoms with Crippen molar-refractivity contribution >= 4 is 0 Å². The third-order valence-corrected chi connectivity index (χ3v) is 2.78. The van der Waals surface area contributed by atoms with Gasteiger partial charge in [0, 0.05) is 0 Å². The van der Waals surface area contributed by atoms with E-state index < -0.39 is 0 Å². The van der Waals surface area contributed by atoms with Crippen LogP contribution in [0.5, 0.6) is 0 Å². The van der Waals surface area contributed by atoms with Crippen LogP contribution in [-0.4, -0.2) is 50.7 Å². The van der Waals surface area contributed by atoms with Gasteiger partial charge in [0.1, 0.15) is 13.2 Å². The molecule has 0 bridgehead atoms. The summed E-state index contributed by atoms with van der Waals surface area (Å²) in [5.74, 6) is 0. The van der Waals surface area contributed by atoms with Gasteiger partial charge in [-0.2, -0.15) is 0 Å². The number of quaternary nitrogens is 1. The minimum absolute atomic E-state index is 0.244. The average Bonchev–Trinajstić information content (AvgIpc) is 2.10. The molecule has 0 N–H and O–H groups in total. The minimum atomic E-state index is 0.244. The normalized spacial score (nSPS) is 36.8. The number of ether oxygens (including phenoxy) is 2. The molecule has 1 aliphatic heterocycles. The van der Waals surface area contributed by atoms with Crippen molar-refractivity contribution < 1.29 is 14.0 Å². The van der Waals surface area contributed by atoms with Crippen molar-refractivity contribution in [3.8, 4) is 0 Å². The van der Waals surface area contributed by atoms with Crippen LogP contribution in [0.4, 0.5) is 0 Å². The van der Waals surface area contributed by atoms with Crippen molar-refractivity contribution in [1.82, 2.24) is 0 Å². The van der Waals surface area contributed by atoms with Gasteiger partial charge in [-0.3, -0.25) is 4.48 Å². The molecule has 0 spiro atoms. The zero-order chi connectivity index (χ0) is 9.03. The lowest BCUT2D eigenvalue weighted by Crippen LogP contribution is -2.59. The smallest absolute Gasteiger partial charge is 0.216 e. The molecule has 1 aliphatic rings. The second-order valence-electron chi connectivity index (χ2n) is 3.50. The highest BCUT2D eigenvalue weighted by Gasteiger charge is 2.34. The van der Waals surface area contributed by atoms with Gasteiger partial charge in [0.25, 0.3) is 0 Å². The summed E-state index contributed by atoms with van der Waals surface area (Å²) in [6.07, 6.45) is 0.244. The summed E-state index contributed by atoms with van der Waals surface area (Å²) < 4.78 is 12.0. The molecule has 2 atom stereocenters. The fourth-order valence-electron chi connectivity index (χ4n) is 1.56. The third kappa shape index (κ3) is 1.97. The maximum absolute atomic E-state index is 5.64. The van der Waals surface area contributed by atoms with Gasteiger partial charge in [-0.15, -0.1) is 0 Å². The third-order valence-electron chi connectivity index (χ3n) is 2.78. The van der Waals surface area contributed by atoms with E-state index in [0.717, 1.165) is 37.4 Å². The summed E-state index contributed by atoms with van der Waals surface area (Å²) >= 11 is 0. The number of hydrogen-bond donors (Lipinski definition) is 0. The van der Waals surface area contributed by atoms with Crippen LogP contribution < -0.4 is 0 Å². The number of hydrogen-bond acceptors (Lipinski definition) is 2. The zero-order valence-corrected chi connectivity index (χ0v) is 8.38. The first-order valence-electron chi connectivity index (χ1n) is 4.76. The highest BCUT2D eigenvalue weighted by molar-refractivity contribution is 4.52. The Bertz CT molecular complexity index is 138. The molecule has 0 aromatic heterocycles. The van der Waals surface area contributed by atoms with Crippen molar-refractivity contribution in [3.63, 3.8) is 0 Å². The summed E-state index contributed by atoms with van der Waals surface area (Å²) in [7, 11) is 2.24. The molecule has 0 saturated carbocycles. The molecule has 0 aliphatic carbocycles. The Balaban J connectivity index is 2.53. The lowest BCUT2D eigenvalue weighted by Gasteiger charge is -2.42. The van der Waals surface area contributed by atoms with Crippen LogP contribution in [0.3, 0.4) is 0 Å². The number of rotatable bonds is 3. The molecule has 12 heavy (non-hydrogen) atoms. The molecule has 3 heteroatoms. The fourth-order valence-corrected chi connectivity index (χ4v) is 1.56. The number of morpholine rings is 1. The molecule has 0 aromatic rings. The summed E-state index contributed by atoms with van der Waals surface area (Å²) in [5, 5.41) is 0. The van der Waals surface area contributed by atoms with Crippen LogP contribution in [0.2, 0.25) is 0 Å². The van der Waals surface area contributed by atoms with Crippen molar-refractivity contribution in [2.24, 2.45) is 0 Å². The summed E-state index contributed by atoms with van der Waals surface area (Å²) in [6, 6.07) is 0. The quantitative estimate of drug-likeness (QED) is 0.590. The van der Waals surface area contributed by atoms with Crippen molar-refractivity contribution in [2.75, 3.05) is 40.0 Å². The first kappa shape index (κ1) is 9.96. The SMILES string of the molecule is CCOC1COCC[N+]1(C)CC. The first-order chi connectivity index (χ1) is 5.73. The second kappa shape index (κ2) is 4.21. The van der Waals surface area contributed by atoms with Crippen LogP contribution in [-0.2, 0) is 9.47 Å². The molecule has 1 rings (SSSR count). The van der Waals surface area contributed by atoms with E-state index in [1.807, 2.05) is 6.92 Å². The Labute approximate surface area is 74.8 Å². The predicted molar refractivity (Wildman–Crippen MR) is 47.8 cm³/mol. The van der Waals surface area contributed by atoms with Crippen LogP contribution in [0.25, 0.3) is 0 Å². The molecule has 3 nitrogen and oxygen atoms in total. The predicted octanol–water partition coefficient (Wildman–Crippen LogP) is 0.846. The maximum atomic E-state index is 5.64. The highest BCUT2D eigenvalue weighted by atomic mass is 16.6. The van der Waals surface area contributed by atoms with E-state index in [2.05, 4.69) is 14.0 Å². The molecule has 1 fully saturated rings. The highest BCUT2D eigenvalue weighted by Crippen LogP contribution is 2.16. The molecular formula is C9H20NO2+. The van der Waals surface area contributed by atoms with Gasteiger partial charge in [-0.05, 0) is 13.8 Å². The van der Waals surface area contributed by atoms with Crippen molar-refractivity contribution in [2.45, 2.75) is 20.1 Å². The van der Waals surface area contributed by atoms with Crippen LogP contribution >= 0.6 is 0 Å². The van der Waals surface area contributed by atoms with Gasteiger partial charge in [-0.1, -0.05) is 0 Å². The zero-order valence-electron chi connectivity index (χ0n) is 8.38. The molecule has 1 heterocycles. The average molecular weight is 174 g/mol. The summed E-state index contributed by atoms with van der Waals surface area (Å²) in [6.45, 7) is 8.83. The Hall–Kier alpha value is -0.120. The first-order valence-corrected chi connectivity index (χ1v) is 4.76. The number of likely N-dealkylation sites (N-methyl/N-ethyl adjacent to an activating group) is 1. The molecule has 0 aromatic carbocycles. The van der Waals surface area contributed by atoms with E-state index in [0.29, 0.717) is 0 Å². The lowest BCUT2D eigenvalue weighted by atomic mass is 10.3. The molecule has 72 valence electrons. The Morgan fingerprint density at radius 1 is 1.50 bits per heavy atom. The van der Waals surface area contributed by atoms with E-state index in [1.54, 1.807) is 0 Å². The molecule has 0 amide bonds. The van der Waals surface area contributed by atoms with Crippen LogP contribution in [0.1, 0.15) is 13.8 Å². The second-order valence-corrected chi connectivity index (χ2v) is 3.50. The van der Waals surface area contributed by atoms with Crippen LogP contribution in [0.15, 0.2) is 0 Å². The van der Waals surface area contributed by atoms with E-state index in [1.165, 1.54) is 0 Å². The topological polar surface area (TPSA) is 18.5 Å². The van der Waals surface area contributed by atoms with Crippen molar-refractivity contribution in [1.29, 1.82) is 0 Å². The molecular weight excluding hydrogens is 154 g/mol. The Morgan fingerprint density at radius 3 is 2.83 bits per heavy atom. The van der Waals surface area contributed by atoms with E-state index in [-0.39, 0.29) is 6.23 Å². The molecule has 2 unspecified atom stereocenters. The molecule has 1 saturated heterocycles. The largest absolute Gasteiger partial charge is 0.367 e. The van der Waals surface area contributed by atoms with Crippen LogP contribution in [0, 0.1) is 0 Å². The summed E-state index contributed by atoms with van der Waals surface area (Å²) in [4.78, 5) is 0. The monoisotopic (exact) mass is 174 g/mol. The van der Waals surface area contributed by atoms with Gasteiger partial charge in [0.15, 0.2) is 0 Å². The van der Waals surface area contributed by atoms with E-state index >= 15 is 0 Å². The number of nitrogens with zero attached hydrogens (tertiary/aromatic N) is 1. The Morgan fingerprint density at radius 2 is 2.25 bits per heavy atom. The lowest BCUT2D eigenvalue weighted by molar-refractivity contribution is -0.961. The van der Waals surface area contributed by atoms with E-state index in [4.69, 9.17) is 9.47 Å². The van der Waals surface area contributed by atoms with Gasteiger partial charge < -0.3 is 9.47 Å². The maximum Gasteiger partial charge on any atom is 0.216 e. The summed E-state index contributed by atoms with van der Waals surface area (Å²) in [5.41, 5.74) is 0. The van der Waals surface area contributed by atoms with Crippen molar-refractivity contribution in [3.05, 3.63) is 0 Å².